The highest BCUT2D eigenvalue weighted by atomic mass is 35.5. The first-order chi connectivity index (χ1) is 16.3. The Morgan fingerprint density at radius 1 is 0.853 bits per heavy atom. The van der Waals surface area contributed by atoms with Crippen LogP contribution in [0.4, 0.5) is 17.1 Å². The van der Waals surface area contributed by atoms with Crippen molar-refractivity contribution in [1.82, 2.24) is 0 Å². The van der Waals surface area contributed by atoms with Gasteiger partial charge in [0.1, 0.15) is 16.5 Å². The number of halogens is 3. The number of hydrogen-bond donors (Lipinski definition) is 2. The van der Waals surface area contributed by atoms with Crippen molar-refractivity contribution in [3.8, 4) is 5.75 Å². The summed E-state index contributed by atoms with van der Waals surface area (Å²) in [4.78, 5) is 39.0. The number of rotatable bonds is 6. The van der Waals surface area contributed by atoms with E-state index >= 15 is 0 Å². The molecule has 0 fully saturated rings. The number of nitrogens with zero attached hydrogens (tertiary/aromatic N) is 1. The average molecular weight is 517 g/mol. The fourth-order valence-electron chi connectivity index (χ4n) is 3.22. The monoisotopic (exact) mass is 515 g/mol. The molecule has 0 atom stereocenters. The van der Waals surface area contributed by atoms with Crippen LogP contribution in [0, 0.1) is 0 Å². The maximum absolute atomic E-state index is 12.9. The smallest absolute Gasteiger partial charge is 0.283 e. The number of methoxy groups -OCH3 is 1. The number of nitrogens with one attached hydrogen (secondary N) is 2. The highest BCUT2D eigenvalue weighted by Gasteiger charge is 2.40. The van der Waals surface area contributed by atoms with E-state index in [1.807, 2.05) is 0 Å². The summed E-state index contributed by atoms with van der Waals surface area (Å²) in [6.45, 7) is 0. The van der Waals surface area contributed by atoms with Gasteiger partial charge in [0.15, 0.2) is 0 Å². The molecule has 3 amide bonds. The number of hydrogen-bond acceptors (Lipinski definition) is 5. The molecule has 7 nitrogen and oxygen atoms in total. The molecule has 2 N–H and O–H groups in total. The Balaban J connectivity index is 1.48. The molecule has 0 spiro atoms. The second-order valence-electron chi connectivity index (χ2n) is 7.09. The van der Waals surface area contributed by atoms with Gasteiger partial charge in [-0.05, 0) is 60.7 Å². The maximum atomic E-state index is 12.9. The van der Waals surface area contributed by atoms with E-state index < -0.39 is 11.8 Å². The van der Waals surface area contributed by atoms with E-state index in [-0.39, 0.29) is 32.4 Å². The van der Waals surface area contributed by atoms with E-state index in [9.17, 15) is 14.4 Å². The summed E-state index contributed by atoms with van der Waals surface area (Å²) in [5, 5.41) is 5.59. The molecule has 0 radical (unpaired) electrons. The third-order valence-corrected chi connectivity index (χ3v) is 6.12. The van der Waals surface area contributed by atoms with Gasteiger partial charge in [-0.3, -0.25) is 14.4 Å². The molecule has 0 aliphatic carbocycles. The first-order valence-electron chi connectivity index (χ1n) is 9.85. The Bertz CT molecular complexity index is 1320. The standard InChI is InChI=1S/C24H16Cl3N3O4/c1-34-16-11-9-15(10-12-16)29-22(31)13-5-7-14(8-6-13)28-21-20(27)23(32)30(24(21)33)18-4-2-3-17(25)19(18)26/h2-12,28H,1H3,(H,29,31). The number of carbonyl (C=O) groups is 3. The van der Waals surface area contributed by atoms with Crippen molar-refractivity contribution in [2.45, 2.75) is 0 Å². The van der Waals surface area contributed by atoms with Crippen molar-refractivity contribution in [2.75, 3.05) is 22.6 Å². The zero-order valence-corrected chi connectivity index (χ0v) is 19.8. The fourth-order valence-corrected chi connectivity index (χ4v) is 3.81. The van der Waals surface area contributed by atoms with Crippen LogP contribution in [0.1, 0.15) is 10.4 Å². The van der Waals surface area contributed by atoms with Crippen molar-refractivity contribution in [3.63, 3.8) is 0 Å². The van der Waals surface area contributed by atoms with E-state index in [2.05, 4.69) is 10.6 Å². The SMILES string of the molecule is COc1ccc(NC(=O)c2ccc(NC3=C(Cl)C(=O)N(c4cccc(Cl)c4Cl)C3=O)cc2)cc1. The van der Waals surface area contributed by atoms with Crippen molar-refractivity contribution in [3.05, 3.63) is 93.1 Å². The number of anilines is 3. The number of imide groups is 1. The van der Waals surface area contributed by atoms with Gasteiger partial charge in [-0.1, -0.05) is 40.9 Å². The summed E-state index contributed by atoms with van der Waals surface area (Å²) in [5.41, 5.74) is 1.47. The van der Waals surface area contributed by atoms with E-state index in [4.69, 9.17) is 39.5 Å². The van der Waals surface area contributed by atoms with Gasteiger partial charge in [-0.25, -0.2) is 4.90 Å². The molecule has 1 heterocycles. The largest absolute Gasteiger partial charge is 0.497 e. The van der Waals surface area contributed by atoms with Crippen LogP contribution in [0.25, 0.3) is 0 Å². The Kier molecular flexibility index (Phi) is 6.79. The molecule has 0 saturated heterocycles. The first kappa shape index (κ1) is 23.6. The summed E-state index contributed by atoms with van der Waals surface area (Å²) in [5.74, 6) is -1.05. The summed E-state index contributed by atoms with van der Waals surface area (Å²) in [6.07, 6.45) is 0. The van der Waals surface area contributed by atoms with E-state index in [1.165, 1.54) is 6.07 Å². The molecule has 3 aromatic rings. The van der Waals surface area contributed by atoms with Crippen LogP contribution in [-0.4, -0.2) is 24.8 Å². The minimum Gasteiger partial charge on any atom is -0.497 e. The van der Waals surface area contributed by atoms with Crippen molar-refractivity contribution in [2.24, 2.45) is 0 Å². The number of ether oxygens (including phenoxy) is 1. The Hall–Kier alpha value is -3.52. The summed E-state index contributed by atoms with van der Waals surface area (Å²) in [6, 6.07) is 17.8. The van der Waals surface area contributed by atoms with Crippen LogP contribution in [0.3, 0.4) is 0 Å². The van der Waals surface area contributed by atoms with Crippen LogP contribution in [-0.2, 0) is 9.59 Å². The second kappa shape index (κ2) is 9.77. The Labute approximate surface area is 209 Å². The molecule has 172 valence electrons. The third-order valence-electron chi connectivity index (χ3n) is 4.96. The van der Waals surface area contributed by atoms with Gasteiger partial charge in [-0.2, -0.15) is 0 Å². The molecule has 0 unspecified atom stereocenters. The molecule has 0 saturated carbocycles. The molecule has 4 rings (SSSR count). The van der Waals surface area contributed by atoms with Crippen LogP contribution in [0.2, 0.25) is 10.0 Å². The van der Waals surface area contributed by atoms with Gasteiger partial charge in [-0.15, -0.1) is 0 Å². The lowest BCUT2D eigenvalue weighted by molar-refractivity contribution is -0.120. The van der Waals surface area contributed by atoms with Crippen LogP contribution >= 0.6 is 34.8 Å². The summed E-state index contributed by atoms with van der Waals surface area (Å²) >= 11 is 18.3. The Morgan fingerprint density at radius 2 is 1.50 bits per heavy atom. The molecular formula is C24H16Cl3N3O4. The zero-order chi connectivity index (χ0) is 24.4. The molecule has 0 aromatic heterocycles. The zero-order valence-electron chi connectivity index (χ0n) is 17.6. The fraction of sp³-hybridized carbons (Fsp3) is 0.0417. The maximum Gasteiger partial charge on any atom is 0.283 e. The number of carbonyl (C=O) groups excluding carboxylic acids is 3. The quantitative estimate of drug-likeness (QED) is 0.411. The Morgan fingerprint density at radius 3 is 2.15 bits per heavy atom. The van der Waals surface area contributed by atoms with E-state index in [0.717, 1.165) is 4.90 Å². The lowest BCUT2D eigenvalue weighted by atomic mass is 10.2. The molecule has 1 aliphatic heterocycles. The van der Waals surface area contributed by atoms with Crippen LogP contribution in [0.5, 0.6) is 5.75 Å². The van der Waals surface area contributed by atoms with Gasteiger partial charge < -0.3 is 15.4 Å². The highest BCUT2D eigenvalue weighted by molar-refractivity contribution is 6.54. The van der Waals surface area contributed by atoms with Gasteiger partial charge in [0.05, 0.1) is 22.8 Å². The molecule has 3 aromatic carbocycles. The van der Waals surface area contributed by atoms with E-state index in [1.54, 1.807) is 67.8 Å². The minimum absolute atomic E-state index is 0.0591. The molecule has 10 heteroatoms. The third kappa shape index (κ3) is 4.59. The van der Waals surface area contributed by atoms with Crippen molar-refractivity contribution >= 4 is 69.6 Å². The second-order valence-corrected chi connectivity index (χ2v) is 8.26. The lowest BCUT2D eigenvalue weighted by Crippen LogP contribution is -2.32. The van der Waals surface area contributed by atoms with Crippen molar-refractivity contribution < 1.29 is 19.1 Å². The highest BCUT2D eigenvalue weighted by Crippen LogP contribution is 2.37. The van der Waals surface area contributed by atoms with E-state index in [0.29, 0.717) is 22.7 Å². The number of amides is 3. The summed E-state index contributed by atoms with van der Waals surface area (Å²) in [7, 11) is 1.56. The number of benzene rings is 3. The molecule has 1 aliphatic rings. The normalized spacial score (nSPS) is 13.4. The topological polar surface area (TPSA) is 87.7 Å². The first-order valence-corrected chi connectivity index (χ1v) is 11.0. The molecular weight excluding hydrogens is 501 g/mol. The molecule has 0 bridgehead atoms. The van der Waals surface area contributed by atoms with Gasteiger partial charge in [0.25, 0.3) is 17.7 Å². The predicted molar refractivity (Wildman–Crippen MR) is 133 cm³/mol. The predicted octanol–water partition coefficient (Wildman–Crippen LogP) is 5.69. The van der Waals surface area contributed by atoms with Crippen LogP contribution in [0.15, 0.2) is 77.5 Å². The van der Waals surface area contributed by atoms with Gasteiger partial charge in [0, 0.05) is 16.9 Å². The lowest BCUT2D eigenvalue weighted by Gasteiger charge is -2.17. The van der Waals surface area contributed by atoms with Gasteiger partial charge in [0.2, 0.25) is 0 Å². The summed E-state index contributed by atoms with van der Waals surface area (Å²) < 4.78 is 5.10. The van der Waals surface area contributed by atoms with Crippen molar-refractivity contribution in [1.29, 1.82) is 0 Å². The molecule has 34 heavy (non-hydrogen) atoms. The van der Waals surface area contributed by atoms with Gasteiger partial charge >= 0.3 is 0 Å². The minimum atomic E-state index is -0.728. The average Bonchev–Trinajstić information content (AvgIpc) is 3.05. The van der Waals surface area contributed by atoms with Crippen LogP contribution < -0.4 is 20.3 Å².